The summed E-state index contributed by atoms with van der Waals surface area (Å²) in [6, 6.07) is 5.71. The first-order valence-electron chi connectivity index (χ1n) is 7.24. The van der Waals surface area contributed by atoms with E-state index in [-0.39, 0.29) is 21.4 Å². The Morgan fingerprint density at radius 3 is 2.37 bits per heavy atom. The summed E-state index contributed by atoms with van der Waals surface area (Å²) in [5, 5.41) is 2.45. The molecule has 0 aliphatic rings. The SMILES string of the molecule is CC(OC(=O)c1cnc(Cl)c(Cl)c1)C(=O)Nc1ccc(OC(F)(F)F)cc1. The topological polar surface area (TPSA) is 77.5 Å². The van der Waals surface area contributed by atoms with Gasteiger partial charge in [-0.2, -0.15) is 0 Å². The van der Waals surface area contributed by atoms with E-state index in [1.807, 2.05) is 0 Å². The number of ether oxygens (including phenoxy) is 2. The van der Waals surface area contributed by atoms with Crippen molar-refractivity contribution in [3.8, 4) is 5.75 Å². The van der Waals surface area contributed by atoms with Gasteiger partial charge in [0.05, 0.1) is 10.6 Å². The normalized spacial score (nSPS) is 12.2. The molecule has 1 heterocycles. The van der Waals surface area contributed by atoms with Crippen molar-refractivity contribution >= 4 is 40.8 Å². The maximum atomic E-state index is 12.1. The molecule has 0 aliphatic carbocycles. The molecule has 0 bridgehead atoms. The van der Waals surface area contributed by atoms with E-state index in [0.717, 1.165) is 18.3 Å². The third kappa shape index (κ3) is 6.30. The first-order valence-corrected chi connectivity index (χ1v) is 7.99. The van der Waals surface area contributed by atoms with Crippen molar-refractivity contribution < 1.29 is 32.2 Å². The lowest BCUT2D eigenvalue weighted by Crippen LogP contribution is -2.30. The van der Waals surface area contributed by atoms with Crippen LogP contribution in [0.15, 0.2) is 36.5 Å². The third-order valence-corrected chi connectivity index (χ3v) is 3.73. The number of amides is 1. The van der Waals surface area contributed by atoms with E-state index in [0.29, 0.717) is 0 Å². The second-order valence-electron chi connectivity index (χ2n) is 5.11. The van der Waals surface area contributed by atoms with Crippen LogP contribution < -0.4 is 10.1 Å². The Hall–Kier alpha value is -2.52. The smallest absolute Gasteiger partial charge is 0.449 e. The van der Waals surface area contributed by atoms with E-state index in [2.05, 4.69) is 15.0 Å². The molecule has 0 saturated carbocycles. The van der Waals surface area contributed by atoms with Gasteiger partial charge in [0, 0.05) is 11.9 Å². The van der Waals surface area contributed by atoms with Gasteiger partial charge in [-0.25, -0.2) is 9.78 Å². The molecular formula is C16H11Cl2F3N2O4. The van der Waals surface area contributed by atoms with Crippen molar-refractivity contribution in [1.29, 1.82) is 0 Å². The minimum absolute atomic E-state index is 0.00213. The summed E-state index contributed by atoms with van der Waals surface area (Å²) in [6.45, 7) is 1.32. The highest BCUT2D eigenvalue weighted by molar-refractivity contribution is 6.41. The molecular weight excluding hydrogens is 412 g/mol. The average Bonchev–Trinajstić information content (AvgIpc) is 2.57. The largest absolute Gasteiger partial charge is 0.573 e. The highest BCUT2D eigenvalue weighted by Gasteiger charge is 2.31. The highest BCUT2D eigenvalue weighted by atomic mass is 35.5. The number of halogens is 5. The Bertz CT molecular complexity index is 845. The van der Waals surface area contributed by atoms with Gasteiger partial charge >= 0.3 is 12.3 Å². The standard InChI is InChI=1S/C16H11Cl2F3N2O4/c1-8(26-15(25)9-6-12(17)13(18)22-7-9)14(24)23-10-2-4-11(5-3-10)27-16(19,20)21/h2-8H,1H3,(H,23,24). The van der Waals surface area contributed by atoms with Gasteiger partial charge in [-0.15, -0.1) is 13.2 Å². The first-order chi connectivity index (χ1) is 12.5. The van der Waals surface area contributed by atoms with E-state index in [4.69, 9.17) is 27.9 Å². The van der Waals surface area contributed by atoms with E-state index in [1.165, 1.54) is 25.1 Å². The zero-order valence-corrected chi connectivity index (χ0v) is 15.0. The number of pyridine rings is 1. The van der Waals surface area contributed by atoms with E-state index < -0.39 is 30.1 Å². The fourth-order valence-electron chi connectivity index (χ4n) is 1.80. The number of carbonyl (C=O) groups is 2. The predicted molar refractivity (Wildman–Crippen MR) is 90.9 cm³/mol. The number of rotatable bonds is 5. The number of alkyl halides is 3. The van der Waals surface area contributed by atoms with Crippen LogP contribution in [0.5, 0.6) is 5.75 Å². The molecule has 0 saturated heterocycles. The zero-order chi connectivity index (χ0) is 20.2. The Morgan fingerprint density at radius 2 is 1.81 bits per heavy atom. The second kappa shape index (κ2) is 8.45. The number of hydrogen-bond donors (Lipinski definition) is 1. The molecule has 0 fully saturated rings. The van der Waals surface area contributed by atoms with Gasteiger partial charge in [-0.3, -0.25) is 4.79 Å². The molecule has 1 aromatic heterocycles. The van der Waals surface area contributed by atoms with Crippen LogP contribution in [0.25, 0.3) is 0 Å². The first kappa shape index (κ1) is 20.8. The predicted octanol–water partition coefficient (Wildman–Crippen LogP) is 4.47. The van der Waals surface area contributed by atoms with Crippen molar-refractivity contribution in [2.45, 2.75) is 19.4 Å². The lowest BCUT2D eigenvalue weighted by atomic mass is 10.2. The van der Waals surface area contributed by atoms with Crippen LogP contribution in [0.3, 0.4) is 0 Å². The van der Waals surface area contributed by atoms with Crippen molar-refractivity contribution in [2.24, 2.45) is 0 Å². The Labute approximate surface area is 161 Å². The number of anilines is 1. The van der Waals surface area contributed by atoms with Crippen LogP contribution in [0.4, 0.5) is 18.9 Å². The van der Waals surface area contributed by atoms with Crippen LogP contribution >= 0.6 is 23.2 Å². The van der Waals surface area contributed by atoms with Gasteiger partial charge in [-0.05, 0) is 37.3 Å². The third-order valence-electron chi connectivity index (χ3n) is 3.04. The van der Waals surface area contributed by atoms with Crippen molar-refractivity contribution in [2.75, 3.05) is 5.32 Å². The minimum atomic E-state index is -4.81. The monoisotopic (exact) mass is 422 g/mol. The molecule has 0 aliphatic heterocycles. The van der Waals surface area contributed by atoms with Crippen molar-refractivity contribution in [1.82, 2.24) is 4.98 Å². The highest BCUT2D eigenvalue weighted by Crippen LogP contribution is 2.24. The zero-order valence-electron chi connectivity index (χ0n) is 13.5. The summed E-state index contributed by atoms with van der Waals surface area (Å²) in [5.41, 5.74) is 0.186. The molecule has 144 valence electrons. The number of hydrogen-bond acceptors (Lipinski definition) is 5. The van der Waals surface area contributed by atoms with E-state index in [9.17, 15) is 22.8 Å². The maximum Gasteiger partial charge on any atom is 0.573 e. The van der Waals surface area contributed by atoms with Crippen molar-refractivity contribution in [3.05, 3.63) is 52.3 Å². The molecule has 2 aromatic rings. The summed E-state index contributed by atoms with van der Waals surface area (Å²) in [5.74, 6) is -1.98. The molecule has 2 rings (SSSR count). The van der Waals surface area contributed by atoms with Crippen LogP contribution in [0.1, 0.15) is 17.3 Å². The number of carbonyl (C=O) groups excluding carboxylic acids is 2. The van der Waals surface area contributed by atoms with Gasteiger partial charge in [0.2, 0.25) is 0 Å². The second-order valence-corrected chi connectivity index (χ2v) is 5.87. The molecule has 6 nitrogen and oxygen atoms in total. The van der Waals surface area contributed by atoms with Crippen LogP contribution in [-0.2, 0) is 9.53 Å². The molecule has 1 amide bonds. The maximum absolute atomic E-state index is 12.1. The number of benzene rings is 1. The average molecular weight is 423 g/mol. The Morgan fingerprint density at radius 1 is 1.19 bits per heavy atom. The van der Waals surface area contributed by atoms with Gasteiger partial charge < -0.3 is 14.8 Å². The van der Waals surface area contributed by atoms with Crippen LogP contribution in [-0.4, -0.2) is 29.3 Å². The Balaban J connectivity index is 1.94. The molecule has 0 radical (unpaired) electrons. The molecule has 0 spiro atoms. The van der Waals surface area contributed by atoms with Crippen LogP contribution in [0.2, 0.25) is 10.2 Å². The molecule has 1 atom stereocenters. The molecule has 11 heteroatoms. The van der Waals surface area contributed by atoms with Crippen molar-refractivity contribution in [3.63, 3.8) is 0 Å². The number of esters is 1. The summed E-state index contributed by atoms with van der Waals surface area (Å²) in [6.07, 6.45) is -4.87. The van der Waals surface area contributed by atoms with E-state index >= 15 is 0 Å². The Kier molecular flexibility index (Phi) is 6.50. The molecule has 1 N–H and O–H groups in total. The van der Waals surface area contributed by atoms with Gasteiger partial charge in [-0.1, -0.05) is 23.2 Å². The quantitative estimate of drug-likeness (QED) is 0.567. The summed E-state index contributed by atoms with van der Waals surface area (Å²) >= 11 is 11.4. The lowest BCUT2D eigenvalue weighted by molar-refractivity contribution is -0.274. The summed E-state index contributed by atoms with van der Waals surface area (Å²) < 4.78 is 45.0. The number of nitrogens with zero attached hydrogens (tertiary/aromatic N) is 1. The number of aromatic nitrogens is 1. The molecule has 1 unspecified atom stereocenters. The van der Waals surface area contributed by atoms with Gasteiger partial charge in [0.25, 0.3) is 5.91 Å². The summed E-state index contributed by atoms with van der Waals surface area (Å²) in [4.78, 5) is 27.7. The van der Waals surface area contributed by atoms with Gasteiger partial charge in [0.1, 0.15) is 10.9 Å². The fraction of sp³-hybridized carbons (Fsp3) is 0.188. The van der Waals surface area contributed by atoms with Crippen LogP contribution in [0, 0.1) is 0 Å². The molecule has 1 aromatic carbocycles. The van der Waals surface area contributed by atoms with E-state index in [1.54, 1.807) is 0 Å². The lowest BCUT2D eigenvalue weighted by Gasteiger charge is -2.14. The molecule has 27 heavy (non-hydrogen) atoms. The minimum Gasteiger partial charge on any atom is -0.449 e. The fourth-order valence-corrected chi connectivity index (χ4v) is 2.07. The van der Waals surface area contributed by atoms with Gasteiger partial charge in [0.15, 0.2) is 6.10 Å². The summed E-state index contributed by atoms with van der Waals surface area (Å²) in [7, 11) is 0. The number of nitrogens with one attached hydrogen (secondary N) is 1.